The second-order valence-electron chi connectivity index (χ2n) is 5.65. The highest BCUT2D eigenvalue weighted by Gasteiger charge is 2.24. The third kappa shape index (κ3) is 3.59. The number of aromatic nitrogens is 2. The van der Waals surface area contributed by atoms with Gasteiger partial charge >= 0.3 is 0 Å². The molecule has 2 rings (SSSR count). The van der Waals surface area contributed by atoms with E-state index in [0.717, 1.165) is 43.1 Å². The van der Waals surface area contributed by atoms with Crippen molar-refractivity contribution in [2.45, 2.75) is 38.6 Å². The van der Waals surface area contributed by atoms with E-state index >= 15 is 0 Å². The van der Waals surface area contributed by atoms with Crippen LogP contribution in [0, 0.1) is 12.8 Å². The third-order valence-electron chi connectivity index (χ3n) is 3.76. The summed E-state index contributed by atoms with van der Waals surface area (Å²) in [6, 6.07) is 2.31. The van der Waals surface area contributed by atoms with Gasteiger partial charge in [-0.3, -0.25) is 4.79 Å². The van der Waals surface area contributed by atoms with E-state index in [1.54, 1.807) is 0 Å². The number of carbonyl (C=O) groups is 1. The molecule has 1 saturated carbocycles. The Labute approximate surface area is 119 Å². The molecule has 0 unspecified atom stereocenters. The zero-order chi connectivity index (χ0) is 14.7. The molecule has 20 heavy (non-hydrogen) atoms. The zero-order valence-corrected chi connectivity index (χ0v) is 12.4. The Morgan fingerprint density at radius 1 is 1.30 bits per heavy atom. The molecule has 0 spiro atoms. The molecule has 1 aromatic heterocycles. The molecule has 0 aliphatic heterocycles. The predicted octanol–water partition coefficient (Wildman–Crippen LogP) is 1.31. The van der Waals surface area contributed by atoms with Gasteiger partial charge in [-0.05, 0) is 32.6 Å². The predicted molar refractivity (Wildman–Crippen MR) is 79.7 cm³/mol. The van der Waals surface area contributed by atoms with Crippen LogP contribution in [0.5, 0.6) is 0 Å². The summed E-state index contributed by atoms with van der Waals surface area (Å²) in [7, 11) is 3.92. The van der Waals surface area contributed by atoms with Gasteiger partial charge in [-0.15, -0.1) is 0 Å². The maximum atomic E-state index is 11.2. The molecule has 0 radical (unpaired) electrons. The molecule has 3 N–H and O–H groups in total. The lowest BCUT2D eigenvalue weighted by Crippen LogP contribution is -2.32. The number of carbonyl (C=O) groups excluding carboxylic acids is 1. The van der Waals surface area contributed by atoms with Crippen LogP contribution in [0.3, 0.4) is 0 Å². The van der Waals surface area contributed by atoms with Crippen LogP contribution in [0.25, 0.3) is 0 Å². The van der Waals surface area contributed by atoms with Crippen molar-refractivity contribution in [3.63, 3.8) is 0 Å². The number of nitrogens with one attached hydrogen (secondary N) is 1. The van der Waals surface area contributed by atoms with Crippen molar-refractivity contribution in [1.29, 1.82) is 0 Å². The fraction of sp³-hybridized carbons (Fsp3) is 0.643. The number of hydrogen-bond donors (Lipinski definition) is 2. The molecule has 1 amide bonds. The first kappa shape index (κ1) is 14.6. The molecule has 1 aromatic rings. The van der Waals surface area contributed by atoms with Crippen molar-refractivity contribution in [3.05, 3.63) is 11.9 Å². The van der Waals surface area contributed by atoms with Crippen LogP contribution in [0.15, 0.2) is 6.07 Å². The molecule has 6 heteroatoms. The first-order chi connectivity index (χ1) is 9.45. The van der Waals surface area contributed by atoms with Gasteiger partial charge in [-0.1, -0.05) is 0 Å². The first-order valence-corrected chi connectivity index (χ1v) is 7.04. The fourth-order valence-electron chi connectivity index (χ4n) is 2.59. The van der Waals surface area contributed by atoms with E-state index in [0.29, 0.717) is 6.04 Å². The molecule has 6 nitrogen and oxygen atoms in total. The summed E-state index contributed by atoms with van der Waals surface area (Å²) in [4.78, 5) is 21.9. The van der Waals surface area contributed by atoms with Gasteiger partial charge in [-0.2, -0.15) is 0 Å². The van der Waals surface area contributed by atoms with Crippen LogP contribution in [-0.2, 0) is 4.79 Å². The highest BCUT2D eigenvalue weighted by atomic mass is 16.1. The largest absolute Gasteiger partial charge is 0.369 e. The van der Waals surface area contributed by atoms with Gasteiger partial charge in [0.05, 0.1) is 0 Å². The molecular formula is C14H23N5O. The summed E-state index contributed by atoms with van der Waals surface area (Å²) in [6.45, 7) is 1.89. The topological polar surface area (TPSA) is 84.1 Å². The number of nitrogens with two attached hydrogens (primary N) is 1. The highest BCUT2D eigenvalue weighted by Crippen LogP contribution is 2.26. The van der Waals surface area contributed by atoms with Crippen LogP contribution in [0.2, 0.25) is 0 Å². The summed E-state index contributed by atoms with van der Waals surface area (Å²) >= 11 is 0. The molecule has 1 heterocycles. The minimum atomic E-state index is -0.170. The van der Waals surface area contributed by atoms with Crippen molar-refractivity contribution in [2.24, 2.45) is 11.7 Å². The van der Waals surface area contributed by atoms with Crippen LogP contribution in [-0.4, -0.2) is 36.0 Å². The van der Waals surface area contributed by atoms with Gasteiger partial charge in [-0.25, -0.2) is 9.97 Å². The van der Waals surface area contributed by atoms with Gasteiger partial charge < -0.3 is 16.0 Å². The Balaban J connectivity index is 1.99. The van der Waals surface area contributed by atoms with Crippen molar-refractivity contribution < 1.29 is 4.79 Å². The molecule has 110 valence electrons. The Morgan fingerprint density at radius 2 is 1.95 bits per heavy atom. The SMILES string of the molecule is Cc1nc(N[C@H]2CC[C@@H](C(N)=O)CC2)cc(N(C)C)n1. The molecule has 0 saturated heterocycles. The summed E-state index contributed by atoms with van der Waals surface area (Å²) < 4.78 is 0. The first-order valence-electron chi connectivity index (χ1n) is 7.04. The minimum absolute atomic E-state index is 0.0394. The Bertz CT molecular complexity index is 480. The Kier molecular flexibility index (Phi) is 4.42. The van der Waals surface area contributed by atoms with Gasteiger partial charge in [0.25, 0.3) is 0 Å². The Morgan fingerprint density at radius 3 is 2.50 bits per heavy atom. The van der Waals surface area contributed by atoms with Crippen LogP contribution < -0.4 is 16.0 Å². The summed E-state index contributed by atoms with van der Waals surface area (Å²) in [5.41, 5.74) is 5.35. The Hall–Kier alpha value is -1.85. The lowest BCUT2D eigenvalue weighted by molar-refractivity contribution is -0.122. The maximum Gasteiger partial charge on any atom is 0.220 e. The summed E-state index contributed by atoms with van der Waals surface area (Å²) in [5.74, 6) is 2.37. The van der Waals surface area contributed by atoms with E-state index in [1.807, 2.05) is 32.0 Å². The maximum absolute atomic E-state index is 11.2. The summed E-state index contributed by atoms with van der Waals surface area (Å²) in [5, 5.41) is 3.45. The number of aryl methyl sites for hydroxylation is 1. The van der Waals surface area contributed by atoms with Crippen LogP contribution in [0.1, 0.15) is 31.5 Å². The van der Waals surface area contributed by atoms with Crippen molar-refractivity contribution in [1.82, 2.24) is 9.97 Å². The third-order valence-corrected chi connectivity index (χ3v) is 3.76. The monoisotopic (exact) mass is 277 g/mol. The van der Waals surface area contributed by atoms with Crippen LogP contribution in [0.4, 0.5) is 11.6 Å². The number of anilines is 2. The van der Waals surface area contributed by atoms with E-state index < -0.39 is 0 Å². The quantitative estimate of drug-likeness (QED) is 0.866. The molecule has 1 aliphatic carbocycles. The second-order valence-corrected chi connectivity index (χ2v) is 5.65. The van der Waals surface area contributed by atoms with Crippen LogP contribution >= 0.6 is 0 Å². The van der Waals surface area contributed by atoms with Crippen molar-refractivity contribution >= 4 is 17.5 Å². The second kappa shape index (κ2) is 6.07. The molecule has 0 atom stereocenters. The average Bonchev–Trinajstić information content (AvgIpc) is 2.38. The molecule has 1 fully saturated rings. The van der Waals surface area contributed by atoms with Crippen molar-refractivity contribution in [2.75, 3.05) is 24.3 Å². The molecule has 1 aliphatic rings. The van der Waals surface area contributed by atoms with Gasteiger partial charge in [0.15, 0.2) is 0 Å². The zero-order valence-electron chi connectivity index (χ0n) is 12.4. The smallest absolute Gasteiger partial charge is 0.220 e. The molecule has 0 aromatic carbocycles. The lowest BCUT2D eigenvalue weighted by atomic mass is 9.85. The van der Waals surface area contributed by atoms with E-state index in [4.69, 9.17) is 5.73 Å². The van der Waals surface area contributed by atoms with E-state index in [2.05, 4.69) is 15.3 Å². The molecular weight excluding hydrogens is 254 g/mol. The average molecular weight is 277 g/mol. The number of nitrogens with zero attached hydrogens (tertiary/aromatic N) is 3. The normalized spacial score (nSPS) is 22.4. The fourth-order valence-corrected chi connectivity index (χ4v) is 2.59. The number of rotatable bonds is 4. The molecule has 0 bridgehead atoms. The van der Waals surface area contributed by atoms with Crippen molar-refractivity contribution in [3.8, 4) is 0 Å². The van der Waals surface area contributed by atoms with E-state index in [1.165, 1.54) is 0 Å². The van der Waals surface area contributed by atoms with Gasteiger partial charge in [0.2, 0.25) is 5.91 Å². The summed E-state index contributed by atoms with van der Waals surface area (Å²) in [6.07, 6.45) is 3.62. The number of amides is 1. The lowest BCUT2D eigenvalue weighted by Gasteiger charge is -2.28. The van der Waals surface area contributed by atoms with E-state index in [-0.39, 0.29) is 11.8 Å². The number of hydrogen-bond acceptors (Lipinski definition) is 5. The standard InChI is InChI=1S/C14H23N5O/c1-9-16-12(8-13(17-9)19(2)3)18-11-6-4-10(5-7-11)14(15)20/h8,10-11H,4-7H2,1-3H3,(H2,15,20)(H,16,17,18)/t10-,11+. The minimum Gasteiger partial charge on any atom is -0.369 e. The number of primary amides is 1. The van der Waals surface area contributed by atoms with Gasteiger partial charge in [0.1, 0.15) is 17.5 Å². The van der Waals surface area contributed by atoms with E-state index in [9.17, 15) is 4.79 Å². The highest BCUT2D eigenvalue weighted by molar-refractivity contribution is 5.76. The van der Waals surface area contributed by atoms with Gasteiger partial charge in [0, 0.05) is 32.1 Å².